The lowest BCUT2D eigenvalue weighted by Crippen LogP contribution is -2.25. The first-order chi connectivity index (χ1) is 33.0. The highest BCUT2D eigenvalue weighted by atomic mass is 32.2. The molecule has 0 aliphatic rings. The summed E-state index contributed by atoms with van der Waals surface area (Å²) in [6.45, 7) is 9.27. The fraction of sp³-hybridized carbons (Fsp3) is 0.968. The van der Waals surface area contributed by atoms with Crippen LogP contribution in [0.5, 0.6) is 0 Å². The SMILES string of the molecule is CCCCCCCCCCCCCCCCCCCCCCCCCCCCOC(=O)C(C)SC(C)C(=O)OCCCCCCCCCCCCCCCCCCCCCCCCCCCC. The lowest BCUT2D eigenvalue weighted by molar-refractivity contribution is -0.142. The molecule has 5 heteroatoms. The Balaban J connectivity index is 3.38. The molecule has 0 spiro atoms. The summed E-state index contributed by atoms with van der Waals surface area (Å²) in [5.41, 5.74) is 0. The zero-order valence-electron chi connectivity index (χ0n) is 46.4. The number of hydrogen-bond acceptors (Lipinski definition) is 5. The Morgan fingerprint density at radius 3 is 0.537 bits per heavy atom. The van der Waals surface area contributed by atoms with E-state index in [0.29, 0.717) is 13.2 Å². The minimum atomic E-state index is -0.356. The Kier molecular flexibility index (Phi) is 57.3. The Hall–Kier alpha value is -0.710. The van der Waals surface area contributed by atoms with E-state index in [2.05, 4.69) is 13.8 Å². The van der Waals surface area contributed by atoms with Gasteiger partial charge in [0, 0.05) is 0 Å². The van der Waals surface area contributed by atoms with Crippen molar-refractivity contribution < 1.29 is 19.1 Å². The Morgan fingerprint density at radius 2 is 0.388 bits per heavy atom. The summed E-state index contributed by atoms with van der Waals surface area (Å²) in [6.07, 6.45) is 72.2. The molecule has 0 aromatic heterocycles. The molecule has 0 aliphatic carbocycles. The first-order valence-corrected chi connectivity index (χ1v) is 32.0. The van der Waals surface area contributed by atoms with Crippen LogP contribution in [0.3, 0.4) is 0 Å². The van der Waals surface area contributed by atoms with E-state index >= 15 is 0 Å². The summed E-state index contributed by atoms with van der Waals surface area (Å²) < 4.78 is 11.1. The largest absolute Gasteiger partial charge is 0.465 e. The highest BCUT2D eigenvalue weighted by Crippen LogP contribution is 2.22. The lowest BCUT2D eigenvalue weighted by atomic mass is 10.0. The molecule has 2 unspecified atom stereocenters. The molecule has 0 radical (unpaired) electrons. The fourth-order valence-corrected chi connectivity index (χ4v) is 10.8. The molecular weight excluding hydrogens is 841 g/mol. The van der Waals surface area contributed by atoms with Crippen LogP contribution in [0, 0.1) is 0 Å². The van der Waals surface area contributed by atoms with Crippen molar-refractivity contribution in [3.63, 3.8) is 0 Å². The molecule has 0 rings (SSSR count). The third kappa shape index (κ3) is 54.5. The van der Waals surface area contributed by atoms with E-state index in [9.17, 15) is 9.59 Å². The monoisotopic (exact) mass is 963 g/mol. The second-order valence-electron chi connectivity index (χ2n) is 21.4. The van der Waals surface area contributed by atoms with Crippen LogP contribution in [0.15, 0.2) is 0 Å². The molecule has 0 bridgehead atoms. The summed E-state index contributed by atoms with van der Waals surface area (Å²) in [5, 5.41) is -0.712. The van der Waals surface area contributed by atoms with Gasteiger partial charge in [0.1, 0.15) is 10.5 Å². The van der Waals surface area contributed by atoms with Gasteiger partial charge in [-0.3, -0.25) is 9.59 Å². The maximum absolute atomic E-state index is 12.5. The summed E-state index contributed by atoms with van der Waals surface area (Å²) in [5.74, 6) is -0.417. The highest BCUT2D eigenvalue weighted by Gasteiger charge is 2.23. The number of unbranched alkanes of at least 4 members (excludes halogenated alkanes) is 50. The molecule has 400 valence electrons. The summed E-state index contributed by atoms with van der Waals surface area (Å²) in [7, 11) is 0. The first kappa shape index (κ1) is 66.3. The van der Waals surface area contributed by atoms with E-state index in [0.717, 1.165) is 25.7 Å². The maximum Gasteiger partial charge on any atom is 0.318 e. The highest BCUT2D eigenvalue weighted by molar-refractivity contribution is 8.01. The number of carbonyl (C=O) groups excluding carboxylic acids is 2. The zero-order chi connectivity index (χ0) is 48.6. The Morgan fingerprint density at radius 1 is 0.254 bits per heavy atom. The average Bonchev–Trinajstić information content (AvgIpc) is 3.33. The Labute approximate surface area is 426 Å². The molecule has 0 amide bonds. The molecule has 0 saturated heterocycles. The second kappa shape index (κ2) is 57.9. The van der Waals surface area contributed by atoms with Crippen molar-refractivity contribution >= 4 is 23.7 Å². The van der Waals surface area contributed by atoms with Crippen LogP contribution in [-0.4, -0.2) is 35.7 Å². The molecule has 0 fully saturated rings. The topological polar surface area (TPSA) is 52.6 Å². The van der Waals surface area contributed by atoms with Crippen molar-refractivity contribution in [1.82, 2.24) is 0 Å². The van der Waals surface area contributed by atoms with E-state index in [4.69, 9.17) is 9.47 Å². The number of rotatable bonds is 58. The van der Waals surface area contributed by atoms with Gasteiger partial charge >= 0.3 is 11.9 Å². The number of esters is 2. The van der Waals surface area contributed by atoms with Gasteiger partial charge in [0.25, 0.3) is 0 Å². The van der Waals surface area contributed by atoms with Gasteiger partial charge in [-0.25, -0.2) is 0 Å². The van der Waals surface area contributed by atoms with Crippen molar-refractivity contribution in [2.24, 2.45) is 0 Å². The first-order valence-electron chi connectivity index (χ1n) is 31.0. The molecule has 2 atom stereocenters. The summed E-state index contributed by atoms with van der Waals surface area (Å²) in [4.78, 5) is 25.1. The molecule has 0 aliphatic heterocycles. The van der Waals surface area contributed by atoms with Gasteiger partial charge in [-0.2, -0.15) is 0 Å². The van der Waals surface area contributed by atoms with Crippen LogP contribution < -0.4 is 0 Å². The molecule has 0 N–H and O–H groups in total. The van der Waals surface area contributed by atoms with E-state index < -0.39 is 0 Å². The van der Waals surface area contributed by atoms with Crippen molar-refractivity contribution in [2.45, 2.75) is 372 Å². The van der Waals surface area contributed by atoms with Crippen LogP contribution >= 0.6 is 11.8 Å². The predicted molar refractivity (Wildman–Crippen MR) is 300 cm³/mol. The average molecular weight is 964 g/mol. The van der Waals surface area contributed by atoms with Crippen molar-refractivity contribution in [3.8, 4) is 0 Å². The number of hydrogen-bond donors (Lipinski definition) is 0. The normalized spacial score (nSPS) is 12.5. The molecule has 0 aromatic rings. The van der Waals surface area contributed by atoms with E-state index in [1.54, 1.807) is 0 Å². The molecule has 4 nitrogen and oxygen atoms in total. The van der Waals surface area contributed by atoms with E-state index in [-0.39, 0.29) is 22.4 Å². The van der Waals surface area contributed by atoms with Crippen LogP contribution in [0.2, 0.25) is 0 Å². The van der Waals surface area contributed by atoms with E-state index in [1.807, 2.05) is 13.8 Å². The van der Waals surface area contributed by atoms with Crippen LogP contribution in [0.1, 0.15) is 362 Å². The van der Waals surface area contributed by atoms with Gasteiger partial charge in [-0.15, -0.1) is 11.8 Å². The zero-order valence-corrected chi connectivity index (χ0v) is 47.2. The minimum Gasteiger partial charge on any atom is -0.465 e. The van der Waals surface area contributed by atoms with Gasteiger partial charge in [0.05, 0.1) is 13.2 Å². The van der Waals surface area contributed by atoms with Gasteiger partial charge in [0.15, 0.2) is 0 Å². The van der Waals surface area contributed by atoms with Crippen LogP contribution in [0.25, 0.3) is 0 Å². The molecule has 0 aromatic carbocycles. The lowest BCUT2D eigenvalue weighted by Gasteiger charge is -2.16. The third-order valence-electron chi connectivity index (χ3n) is 14.6. The van der Waals surface area contributed by atoms with Gasteiger partial charge in [-0.1, -0.05) is 335 Å². The fourth-order valence-electron chi connectivity index (χ4n) is 9.83. The predicted octanol–water partition coefficient (Wildman–Crippen LogP) is 21.9. The van der Waals surface area contributed by atoms with E-state index in [1.165, 1.54) is 320 Å². The third-order valence-corrected chi connectivity index (χ3v) is 15.8. The van der Waals surface area contributed by atoms with Gasteiger partial charge in [-0.05, 0) is 26.7 Å². The van der Waals surface area contributed by atoms with Crippen LogP contribution in [0.4, 0.5) is 0 Å². The van der Waals surface area contributed by atoms with Crippen molar-refractivity contribution in [2.75, 3.05) is 13.2 Å². The quantitative estimate of drug-likeness (QED) is 0.0449. The molecular formula is C62H122O4S. The number of thioether (sulfide) groups is 1. The summed E-state index contributed by atoms with van der Waals surface area (Å²) >= 11 is 1.36. The smallest absolute Gasteiger partial charge is 0.318 e. The maximum atomic E-state index is 12.5. The second-order valence-corrected chi connectivity index (χ2v) is 23.1. The number of ether oxygens (including phenoxy) is 2. The van der Waals surface area contributed by atoms with Crippen molar-refractivity contribution in [3.05, 3.63) is 0 Å². The van der Waals surface area contributed by atoms with Gasteiger partial charge in [0.2, 0.25) is 0 Å². The van der Waals surface area contributed by atoms with Gasteiger partial charge < -0.3 is 9.47 Å². The standard InChI is InChI=1S/C62H122O4S/c1-5-7-9-11-13-15-17-19-21-23-25-27-29-31-33-35-37-39-41-43-45-47-49-51-53-55-57-65-61(63)59(3)67-60(4)62(64)66-58-56-54-52-50-48-46-44-42-40-38-36-34-32-30-28-26-24-22-20-18-16-14-12-10-8-6-2/h59-60H,5-58H2,1-4H3. The minimum absolute atomic E-state index is 0.209. The Bertz CT molecular complexity index is 882. The molecule has 0 heterocycles. The molecule has 67 heavy (non-hydrogen) atoms. The summed E-state index contributed by atoms with van der Waals surface area (Å²) in [6, 6.07) is 0. The van der Waals surface area contributed by atoms with Crippen LogP contribution in [-0.2, 0) is 19.1 Å². The van der Waals surface area contributed by atoms with Crippen molar-refractivity contribution in [1.29, 1.82) is 0 Å². The number of carbonyl (C=O) groups is 2. The molecule has 0 saturated carbocycles.